The van der Waals surface area contributed by atoms with Crippen molar-refractivity contribution in [3.63, 3.8) is 0 Å². The van der Waals surface area contributed by atoms with Gasteiger partial charge >= 0.3 is 0 Å². The fraction of sp³-hybridized carbons (Fsp3) is 0.103. The summed E-state index contributed by atoms with van der Waals surface area (Å²) in [6.07, 6.45) is 3.74. The van der Waals surface area contributed by atoms with Gasteiger partial charge in [-0.1, -0.05) is 80.3 Å². The van der Waals surface area contributed by atoms with E-state index in [4.69, 9.17) is 14.4 Å². The maximum atomic E-state index is 6.30. The SMILES string of the molecule is CC(C)(C)c1cnc2c(c1)nc(-c1[c-]ccc3c1oc1ccccc13)n2-c1ccccc1.[Ir].[c-]1ccccc1-c1ccccn1. The van der Waals surface area contributed by atoms with Gasteiger partial charge in [0.1, 0.15) is 5.58 Å². The van der Waals surface area contributed by atoms with Gasteiger partial charge in [0, 0.05) is 43.6 Å². The zero-order chi connectivity index (χ0) is 30.1. The van der Waals surface area contributed by atoms with Crippen LogP contribution in [0, 0.1) is 12.1 Å². The molecule has 6 heteroatoms. The van der Waals surface area contributed by atoms with E-state index < -0.39 is 0 Å². The molecule has 0 saturated heterocycles. The Bertz CT molecular complexity index is 2160. The van der Waals surface area contributed by atoms with Crippen molar-refractivity contribution in [2.24, 2.45) is 0 Å². The van der Waals surface area contributed by atoms with Crippen molar-refractivity contribution >= 4 is 33.1 Å². The maximum Gasteiger partial charge on any atom is 0.155 e. The van der Waals surface area contributed by atoms with E-state index in [2.05, 4.69) is 72.8 Å². The van der Waals surface area contributed by atoms with Gasteiger partial charge in [-0.05, 0) is 47.0 Å². The van der Waals surface area contributed by atoms with Crippen LogP contribution < -0.4 is 0 Å². The molecule has 0 amide bonds. The summed E-state index contributed by atoms with van der Waals surface area (Å²) < 4.78 is 8.40. The van der Waals surface area contributed by atoms with Crippen molar-refractivity contribution in [1.29, 1.82) is 0 Å². The Morgan fingerprint density at radius 2 is 1.51 bits per heavy atom. The average Bonchev–Trinajstić information content (AvgIpc) is 3.64. The van der Waals surface area contributed by atoms with Crippen LogP contribution in [0.4, 0.5) is 0 Å². The van der Waals surface area contributed by atoms with Gasteiger partial charge in [-0.25, -0.2) is 4.98 Å². The van der Waals surface area contributed by atoms with Crippen molar-refractivity contribution in [2.75, 3.05) is 0 Å². The largest absolute Gasteiger partial charge is 0.501 e. The maximum absolute atomic E-state index is 6.30. The number of benzene rings is 4. The Hall–Kier alpha value is -4.90. The summed E-state index contributed by atoms with van der Waals surface area (Å²) in [7, 11) is 0. The third kappa shape index (κ3) is 5.95. The Kier molecular flexibility index (Phi) is 8.44. The number of imidazole rings is 1. The number of fused-ring (bicyclic) bond motifs is 4. The summed E-state index contributed by atoms with van der Waals surface area (Å²) in [6.45, 7) is 6.57. The van der Waals surface area contributed by atoms with E-state index in [1.54, 1.807) is 6.20 Å². The summed E-state index contributed by atoms with van der Waals surface area (Å²) in [5.74, 6) is 0.773. The van der Waals surface area contributed by atoms with Crippen LogP contribution >= 0.6 is 0 Å². The van der Waals surface area contributed by atoms with Crippen LogP contribution in [0.2, 0.25) is 0 Å². The molecule has 0 fully saturated rings. The minimum absolute atomic E-state index is 0. The molecule has 0 spiro atoms. The monoisotopic (exact) mass is 763 g/mol. The predicted octanol–water partition coefficient (Wildman–Crippen LogP) is 9.63. The third-order valence-corrected chi connectivity index (χ3v) is 7.59. The summed E-state index contributed by atoms with van der Waals surface area (Å²) in [5, 5.41) is 2.15. The van der Waals surface area contributed by atoms with Gasteiger partial charge in [0.25, 0.3) is 0 Å². The van der Waals surface area contributed by atoms with Crippen LogP contribution in [0.1, 0.15) is 26.3 Å². The molecule has 4 heterocycles. The molecule has 8 rings (SSSR count). The number of aromatic nitrogens is 4. The minimum atomic E-state index is -0.0112. The molecule has 0 atom stereocenters. The number of para-hydroxylation sites is 2. The second kappa shape index (κ2) is 12.6. The van der Waals surface area contributed by atoms with Gasteiger partial charge in [-0.2, -0.15) is 0 Å². The molecule has 0 saturated carbocycles. The molecule has 4 aromatic heterocycles. The second-order valence-corrected chi connectivity index (χ2v) is 11.6. The molecule has 1 radical (unpaired) electrons. The zero-order valence-electron chi connectivity index (χ0n) is 25.2. The quantitative estimate of drug-likeness (QED) is 0.168. The van der Waals surface area contributed by atoms with Gasteiger partial charge in [-0.3, -0.25) is 4.98 Å². The van der Waals surface area contributed by atoms with E-state index in [1.807, 2.05) is 91.1 Å². The van der Waals surface area contributed by atoms with Crippen LogP contribution in [0.25, 0.3) is 61.4 Å². The molecular formula is C39H30IrN4O-2. The molecule has 0 bridgehead atoms. The van der Waals surface area contributed by atoms with Crippen LogP contribution in [0.5, 0.6) is 0 Å². The van der Waals surface area contributed by atoms with E-state index in [0.29, 0.717) is 0 Å². The Morgan fingerprint density at radius 3 is 2.27 bits per heavy atom. The van der Waals surface area contributed by atoms with E-state index in [0.717, 1.165) is 67.0 Å². The summed E-state index contributed by atoms with van der Waals surface area (Å²) in [4.78, 5) is 14.1. The van der Waals surface area contributed by atoms with Crippen LogP contribution in [-0.2, 0) is 25.5 Å². The molecule has 4 aromatic carbocycles. The average molecular weight is 763 g/mol. The van der Waals surface area contributed by atoms with Gasteiger partial charge in [0.05, 0.1) is 16.9 Å². The molecule has 223 valence electrons. The smallest absolute Gasteiger partial charge is 0.155 e. The first-order valence-corrected chi connectivity index (χ1v) is 14.6. The minimum Gasteiger partial charge on any atom is -0.501 e. The van der Waals surface area contributed by atoms with Crippen molar-refractivity contribution in [3.8, 4) is 28.3 Å². The van der Waals surface area contributed by atoms with E-state index in [-0.39, 0.29) is 25.5 Å². The van der Waals surface area contributed by atoms with Crippen LogP contribution in [0.3, 0.4) is 0 Å². The molecular weight excluding hydrogens is 733 g/mol. The molecule has 0 N–H and O–H groups in total. The third-order valence-electron chi connectivity index (χ3n) is 7.59. The molecule has 0 unspecified atom stereocenters. The molecule has 5 nitrogen and oxygen atoms in total. The normalized spacial score (nSPS) is 11.3. The Labute approximate surface area is 276 Å². The van der Waals surface area contributed by atoms with Gasteiger partial charge in [0.15, 0.2) is 5.65 Å². The predicted molar refractivity (Wildman–Crippen MR) is 178 cm³/mol. The number of rotatable bonds is 3. The molecule has 0 aliphatic rings. The summed E-state index contributed by atoms with van der Waals surface area (Å²) in [6, 6.07) is 44.7. The van der Waals surface area contributed by atoms with Crippen molar-refractivity contribution in [3.05, 3.63) is 145 Å². The van der Waals surface area contributed by atoms with Gasteiger partial charge < -0.3 is 14.0 Å². The topological polar surface area (TPSA) is 56.7 Å². The first-order chi connectivity index (χ1) is 21.5. The van der Waals surface area contributed by atoms with Gasteiger partial charge in [0.2, 0.25) is 0 Å². The number of hydrogen-bond donors (Lipinski definition) is 0. The first kappa shape index (κ1) is 30.1. The van der Waals surface area contributed by atoms with E-state index >= 15 is 0 Å². The molecule has 0 aliphatic heterocycles. The Morgan fingerprint density at radius 1 is 0.733 bits per heavy atom. The van der Waals surface area contributed by atoms with E-state index in [1.165, 1.54) is 0 Å². The first-order valence-electron chi connectivity index (χ1n) is 14.6. The number of furan rings is 1. The fourth-order valence-corrected chi connectivity index (χ4v) is 5.30. The zero-order valence-corrected chi connectivity index (χ0v) is 27.5. The van der Waals surface area contributed by atoms with Crippen LogP contribution in [-0.4, -0.2) is 19.5 Å². The standard InChI is InChI=1S/C28H22N3O.C11H8N.Ir/c1-28(2,3)18-16-23-27(29-17-18)31(19-10-5-4-6-11-19)26(30-23)22-14-9-13-21-20-12-7-8-15-24(20)32-25(21)22;1-2-6-10(7-3-1)11-8-4-5-9-12-11;/h4-13,15-17H,1-3H3;1-6,8-9H;/q2*-1;. The Balaban J connectivity index is 0.000000231. The summed E-state index contributed by atoms with van der Waals surface area (Å²) in [5.41, 5.74) is 8.31. The molecule has 45 heavy (non-hydrogen) atoms. The molecule has 8 aromatic rings. The fourth-order valence-electron chi connectivity index (χ4n) is 5.30. The van der Waals surface area contributed by atoms with Crippen molar-refractivity contribution in [2.45, 2.75) is 26.2 Å². The number of hydrogen-bond acceptors (Lipinski definition) is 4. The molecule has 0 aliphatic carbocycles. The van der Waals surface area contributed by atoms with Crippen molar-refractivity contribution < 1.29 is 24.5 Å². The number of pyridine rings is 2. The van der Waals surface area contributed by atoms with Gasteiger partial charge in [-0.15, -0.1) is 54.1 Å². The summed E-state index contributed by atoms with van der Waals surface area (Å²) >= 11 is 0. The van der Waals surface area contributed by atoms with Crippen LogP contribution in [0.15, 0.2) is 132 Å². The van der Waals surface area contributed by atoms with E-state index in [9.17, 15) is 0 Å². The number of nitrogens with zero attached hydrogens (tertiary/aromatic N) is 4. The van der Waals surface area contributed by atoms with Crippen molar-refractivity contribution in [1.82, 2.24) is 19.5 Å². The second-order valence-electron chi connectivity index (χ2n) is 11.6.